The smallest absolute Gasteiger partial charge is 0.00896 e. The molecule has 0 spiro atoms. The van der Waals surface area contributed by atoms with Crippen molar-refractivity contribution in [3.63, 3.8) is 0 Å². The van der Waals surface area contributed by atoms with Crippen LogP contribution in [0.2, 0.25) is 0 Å². The van der Waals surface area contributed by atoms with Crippen molar-refractivity contribution < 1.29 is 0 Å². The Morgan fingerprint density at radius 1 is 1.07 bits per heavy atom. The zero-order valence-electron chi connectivity index (χ0n) is 7.98. The van der Waals surface area contributed by atoms with Gasteiger partial charge in [-0.05, 0) is 35.8 Å². The lowest BCUT2D eigenvalue weighted by molar-refractivity contribution is 1.39. The predicted molar refractivity (Wildman–Crippen MR) is 60.8 cm³/mol. The fourth-order valence-corrected chi connectivity index (χ4v) is 1.42. The first-order valence-corrected chi connectivity index (χ1v) is 4.80. The summed E-state index contributed by atoms with van der Waals surface area (Å²) in [7, 11) is 0. The van der Waals surface area contributed by atoms with E-state index in [1.807, 2.05) is 18.2 Å². The van der Waals surface area contributed by atoms with Crippen LogP contribution >= 0.6 is 0 Å². The molecule has 1 aliphatic carbocycles. The molecule has 0 saturated heterocycles. The van der Waals surface area contributed by atoms with Crippen molar-refractivity contribution in [2.24, 2.45) is 0 Å². The standard InChI is InChI=1S/C14H12/c1-2-5-9-13(10-6-3-1)14-11-7-4-8-12-14/h1,4-12H,2H2. The molecular formula is C14H12. The van der Waals surface area contributed by atoms with Crippen molar-refractivity contribution in [3.8, 4) is 0 Å². The van der Waals surface area contributed by atoms with Crippen LogP contribution in [0.3, 0.4) is 0 Å². The van der Waals surface area contributed by atoms with Gasteiger partial charge in [0.2, 0.25) is 0 Å². The lowest BCUT2D eigenvalue weighted by Gasteiger charge is -2.01. The van der Waals surface area contributed by atoms with Gasteiger partial charge in [-0.25, -0.2) is 0 Å². The Morgan fingerprint density at radius 3 is 2.79 bits per heavy atom. The van der Waals surface area contributed by atoms with Gasteiger partial charge in [-0.15, -0.1) is 5.73 Å². The van der Waals surface area contributed by atoms with Crippen LogP contribution in [0.4, 0.5) is 0 Å². The summed E-state index contributed by atoms with van der Waals surface area (Å²) in [5, 5.41) is 0. The van der Waals surface area contributed by atoms with Gasteiger partial charge in [0.1, 0.15) is 0 Å². The number of hydrogen-bond donors (Lipinski definition) is 0. The largest absolute Gasteiger partial charge is 0.125 e. The van der Waals surface area contributed by atoms with Gasteiger partial charge in [0.25, 0.3) is 0 Å². The lowest BCUT2D eigenvalue weighted by Crippen LogP contribution is -1.79. The molecule has 0 atom stereocenters. The lowest BCUT2D eigenvalue weighted by atomic mass is 10.0. The molecule has 0 fully saturated rings. The Labute approximate surface area is 84.6 Å². The molecule has 14 heavy (non-hydrogen) atoms. The normalized spacial score (nSPS) is 14.7. The second-order valence-corrected chi connectivity index (χ2v) is 3.16. The van der Waals surface area contributed by atoms with E-state index in [0.29, 0.717) is 0 Å². The monoisotopic (exact) mass is 180 g/mol. The Kier molecular flexibility index (Phi) is 2.80. The Balaban J connectivity index is 2.38. The van der Waals surface area contributed by atoms with Crippen LogP contribution in [0.5, 0.6) is 0 Å². The summed E-state index contributed by atoms with van der Waals surface area (Å²) < 4.78 is 0. The van der Waals surface area contributed by atoms with Gasteiger partial charge in [-0.1, -0.05) is 42.5 Å². The molecule has 0 heterocycles. The molecule has 0 saturated carbocycles. The van der Waals surface area contributed by atoms with E-state index in [4.69, 9.17) is 0 Å². The minimum Gasteiger partial charge on any atom is -0.125 e. The minimum atomic E-state index is 0.959. The van der Waals surface area contributed by atoms with E-state index in [1.54, 1.807) is 0 Å². The first-order chi connectivity index (χ1) is 6.97. The van der Waals surface area contributed by atoms with E-state index in [0.717, 1.165) is 6.42 Å². The molecule has 68 valence electrons. The van der Waals surface area contributed by atoms with Crippen molar-refractivity contribution in [3.05, 3.63) is 72.0 Å². The molecule has 0 aromatic heterocycles. The predicted octanol–water partition coefficient (Wildman–Crippen LogP) is 3.74. The molecule has 0 nitrogen and oxygen atoms in total. The van der Waals surface area contributed by atoms with Crippen LogP contribution in [0, 0.1) is 0 Å². The second kappa shape index (κ2) is 4.45. The van der Waals surface area contributed by atoms with Crippen molar-refractivity contribution in [1.82, 2.24) is 0 Å². The van der Waals surface area contributed by atoms with E-state index < -0.39 is 0 Å². The number of allylic oxidation sites excluding steroid dienone is 5. The van der Waals surface area contributed by atoms with Crippen LogP contribution in [0.15, 0.2) is 66.4 Å². The van der Waals surface area contributed by atoms with Crippen molar-refractivity contribution in [1.29, 1.82) is 0 Å². The number of rotatable bonds is 1. The maximum atomic E-state index is 3.11. The van der Waals surface area contributed by atoms with E-state index in [2.05, 4.69) is 48.2 Å². The molecule has 1 aliphatic rings. The zero-order chi connectivity index (χ0) is 9.64. The first-order valence-electron chi connectivity index (χ1n) is 4.80. The summed E-state index contributed by atoms with van der Waals surface area (Å²) in [6.45, 7) is 0. The molecular weight excluding hydrogens is 168 g/mol. The van der Waals surface area contributed by atoms with E-state index in [1.165, 1.54) is 11.1 Å². The molecule has 1 aromatic rings. The first kappa shape index (κ1) is 8.80. The maximum Gasteiger partial charge on any atom is -0.00896 e. The highest BCUT2D eigenvalue weighted by Gasteiger charge is 1.94. The molecule has 0 bridgehead atoms. The summed E-state index contributed by atoms with van der Waals surface area (Å²) >= 11 is 0. The number of hydrogen-bond acceptors (Lipinski definition) is 0. The third-order valence-electron chi connectivity index (χ3n) is 2.14. The summed E-state index contributed by atoms with van der Waals surface area (Å²) in [6.07, 6.45) is 11.3. The maximum absolute atomic E-state index is 3.11. The fraction of sp³-hybridized carbons (Fsp3) is 0.0714. The molecule has 1 aromatic carbocycles. The number of benzene rings is 1. The van der Waals surface area contributed by atoms with Gasteiger partial charge in [-0.3, -0.25) is 0 Å². The zero-order valence-corrected chi connectivity index (χ0v) is 7.98. The summed E-state index contributed by atoms with van der Waals surface area (Å²) in [6, 6.07) is 10.4. The average molecular weight is 180 g/mol. The minimum absolute atomic E-state index is 0.959. The van der Waals surface area contributed by atoms with Gasteiger partial charge in [-0.2, -0.15) is 0 Å². The van der Waals surface area contributed by atoms with Crippen LogP contribution in [0.25, 0.3) is 5.57 Å². The summed E-state index contributed by atoms with van der Waals surface area (Å²) in [5.41, 5.74) is 5.60. The van der Waals surface area contributed by atoms with Gasteiger partial charge in [0.15, 0.2) is 0 Å². The Hall–Kier alpha value is -1.78. The van der Waals surface area contributed by atoms with Gasteiger partial charge in [0.05, 0.1) is 0 Å². The highest BCUT2D eigenvalue weighted by molar-refractivity contribution is 5.75. The van der Waals surface area contributed by atoms with Crippen LogP contribution in [0.1, 0.15) is 12.0 Å². The SMILES string of the molecule is C1=CC=C(c2ccccc2)C=CCC=1. The van der Waals surface area contributed by atoms with Crippen LogP contribution in [-0.2, 0) is 0 Å². The molecule has 0 radical (unpaired) electrons. The van der Waals surface area contributed by atoms with Gasteiger partial charge >= 0.3 is 0 Å². The van der Waals surface area contributed by atoms with E-state index in [9.17, 15) is 0 Å². The molecule has 0 aliphatic heterocycles. The van der Waals surface area contributed by atoms with E-state index >= 15 is 0 Å². The third-order valence-corrected chi connectivity index (χ3v) is 2.14. The Morgan fingerprint density at radius 2 is 1.93 bits per heavy atom. The molecule has 2 rings (SSSR count). The highest BCUT2D eigenvalue weighted by Crippen LogP contribution is 2.16. The van der Waals surface area contributed by atoms with Gasteiger partial charge < -0.3 is 0 Å². The van der Waals surface area contributed by atoms with Crippen molar-refractivity contribution in [2.45, 2.75) is 6.42 Å². The Bertz CT molecular complexity index is 413. The molecule has 0 N–H and O–H groups in total. The fourth-order valence-electron chi connectivity index (χ4n) is 1.42. The van der Waals surface area contributed by atoms with Crippen molar-refractivity contribution >= 4 is 5.57 Å². The third kappa shape index (κ3) is 2.12. The topological polar surface area (TPSA) is 0 Å². The average Bonchev–Trinajstić information content (AvgIpc) is 2.18. The highest BCUT2D eigenvalue weighted by atomic mass is 14.0. The van der Waals surface area contributed by atoms with Crippen molar-refractivity contribution in [2.75, 3.05) is 0 Å². The van der Waals surface area contributed by atoms with E-state index in [-0.39, 0.29) is 0 Å². The quantitative estimate of drug-likeness (QED) is 0.577. The molecule has 0 heteroatoms. The van der Waals surface area contributed by atoms with Crippen LogP contribution in [-0.4, -0.2) is 0 Å². The summed E-state index contributed by atoms with van der Waals surface area (Å²) in [4.78, 5) is 0. The molecule has 0 unspecified atom stereocenters. The second-order valence-electron chi connectivity index (χ2n) is 3.16. The van der Waals surface area contributed by atoms with Crippen LogP contribution < -0.4 is 0 Å². The summed E-state index contributed by atoms with van der Waals surface area (Å²) in [5.74, 6) is 0. The van der Waals surface area contributed by atoms with Gasteiger partial charge in [0, 0.05) is 0 Å². The molecule has 0 amide bonds.